The molecule has 0 aliphatic carbocycles. The summed E-state index contributed by atoms with van der Waals surface area (Å²) in [6, 6.07) is 10.8. The molecule has 2 aromatic rings. The van der Waals surface area contributed by atoms with Crippen molar-refractivity contribution in [1.82, 2.24) is 0 Å². The van der Waals surface area contributed by atoms with E-state index in [4.69, 9.17) is 4.74 Å². The van der Waals surface area contributed by atoms with Crippen molar-refractivity contribution in [3.8, 4) is 5.75 Å². The van der Waals surface area contributed by atoms with Gasteiger partial charge in [-0.2, -0.15) is 0 Å². The van der Waals surface area contributed by atoms with Gasteiger partial charge in [0.1, 0.15) is 11.6 Å². The average molecular weight is 350 g/mol. The molecule has 6 heteroatoms. The summed E-state index contributed by atoms with van der Waals surface area (Å²) in [7, 11) is 0. The zero-order chi connectivity index (χ0) is 15.0. The molecule has 1 heterocycles. The van der Waals surface area contributed by atoms with Gasteiger partial charge >= 0.3 is 0 Å². The van der Waals surface area contributed by atoms with Crippen LogP contribution in [0.2, 0.25) is 0 Å². The first-order chi connectivity index (χ1) is 10.1. The molecule has 0 fully saturated rings. The first-order valence-electron chi connectivity index (χ1n) is 6.13. The van der Waals surface area contributed by atoms with E-state index in [1.54, 1.807) is 18.2 Å². The first kappa shape index (κ1) is 13.8. The van der Waals surface area contributed by atoms with Gasteiger partial charge < -0.3 is 4.74 Å². The summed E-state index contributed by atoms with van der Waals surface area (Å²) in [5.41, 5.74) is 1.09. The van der Waals surface area contributed by atoms with E-state index in [9.17, 15) is 14.5 Å². The fraction of sp³-hybridized carbons (Fsp3) is 0.0667. The van der Waals surface area contributed by atoms with Crippen molar-refractivity contribution in [1.29, 1.82) is 0 Å². The number of rotatable bonds is 2. The van der Waals surface area contributed by atoms with E-state index in [0.717, 1.165) is 0 Å². The molecule has 4 nitrogen and oxygen atoms in total. The van der Waals surface area contributed by atoms with Crippen molar-refractivity contribution in [2.45, 2.75) is 6.10 Å². The lowest BCUT2D eigenvalue weighted by atomic mass is 10.0. The van der Waals surface area contributed by atoms with Crippen molar-refractivity contribution < 1.29 is 14.1 Å². The molecule has 1 atom stereocenters. The van der Waals surface area contributed by atoms with Crippen LogP contribution >= 0.6 is 15.9 Å². The lowest BCUT2D eigenvalue weighted by Gasteiger charge is -2.23. The second-order valence-electron chi connectivity index (χ2n) is 4.53. The van der Waals surface area contributed by atoms with Crippen molar-refractivity contribution in [2.75, 3.05) is 0 Å². The summed E-state index contributed by atoms with van der Waals surface area (Å²) >= 11 is 3.37. The van der Waals surface area contributed by atoms with Crippen LogP contribution in [0.15, 0.2) is 52.6 Å². The Bertz CT molecular complexity index is 743. The molecule has 2 aromatic carbocycles. The molecule has 0 radical (unpaired) electrons. The van der Waals surface area contributed by atoms with Gasteiger partial charge in [-0.1, -0.05) is 24.3 Å². The molecule has 0 spiro atoms. The molecular weight excluding hydrogens is 341 g/mol. The highest BCUT2D eigenvalue weighted by molar-refractivity contribution is 9.10. The Hall–Kier alpha value is -2.21. The summed E-state index contributed by atoms with van der Waals surface area (Å²) in [5.74, 6) is 0.139. The Kier molecular flexibility index (Phi) is 3.47. The lowest BCUT2D eigenvalue weighted by Crippen LogP contribution is -2.20. The van der Waals surface area contributed by atoms with Gasteiger partial charge in [0.25, 0.3) is 5.70 Å². The van der Waals surface area contributed by atoms with E-state index in [1.165, 1.54) is 30.3 Å². The fourth-order valence-electron chi connectivity index (χ4n) is 2.20. The summed E-state index contributed by atoms with van der Waals surface area (Å²) in [6.45, 7) is 0. The topological polar surface area (TPSA) is 52.4 Å². The maximum Gasteiger partial charge on any atom is 0.291 e. The van der Waals surface area contributed by atoms with Crippen LogP contribution in [0.5, 0.6) is 5.75 Å². The molecule has 1 aliphatic rings. The van der Waals surface area contributed by atoms with Crippen LogP contribution in [0.25, 0.3) is 6.08 Å². The van der Waals surface area contributed by atoms with Gasteiger partial charge in [0.2, 0.25) is 6.10 Å². The first-order valence-corrected chi connectivity index (χ1v) is 6.92. The van der Waals surface area contributed by atoms with Gasteiger partial charge in [0.15, 0.2) is 0 Å². The van der Waals surface area contributed by atoms with Gasteiger partial charge in [-0.25, -0.2) is 4.39 Å². The summed E-state index contributed by atoms with van der Waals surface area (Å²) < 4.78 is 19.5. The van der Waals surface area contributed by atoms with Crippen LogP contribution in [0.3, 0.4) is 0 Å². The van der Waals surface area contributed by atoms with E-state index in [1.807, 2.05) is 0 Å². The SMILES string of the molecule is O=[N+]([O-])C1=Cc2cccc(Br)c2OC1c1ccc(F)cc1. The van der Waals surface area contributed by atoms with Crippen molar-refractivity contribution in [3.63, 3.8) is 0 Å². The number of nitrogens with zero attached hydrogens (tertiary/aromatic N) is 1. The van der Waals surface area contributed by atoms with Gasteiger partial charge in [0, 0.05) is 17.2 Å². The Morgan fingerprint density at radius 1 is 1.19 bits per heavy atom. The van der Waals surface area contributed by atoms with E-state index >= 15 is 0 Å². The number of fused-ring (bicyclic) bond motifs is 1. The number of benzene rings is 2. The average Bonchev–Trinajstić information content (AvgIpc) is 2.47. The predicted octanol–water partition coefficient (Wildman–Crippen LogP) is 4.34. The molecule has 0 bridgehead atoms. The van der Waals surface area contributed by atoms with Crippen LogP contribution in [0.1, 0.15) is 17.2 Å². The molecule has 0 amide bonds. The molecule has 21 heavy (non-hydrogen) atoms. The van der Waals surface area contributed by atoms with Crippen molar-refractivity contribution in [2.24, 2.45) is 0 Å². The van der Waals surface area contributed by atoms with Crippen LogP contribution < -0.4 is 4.74 Å². The highest BCUT2D eigenvalue weighted by Crippen LogP contribution is 2.41. The van der Waals surface area contributed by atoms with Gasteiger partial charge in [0.05, 0.1) is 9.40 Å². The van der Waals surface area contributed by atoms with Crippen LogP contribution in [0.4, 0.5) is 4.39 Å². The zero-order valence-electron chi connectivity index (χ0n) is 10.6. The summed E-state index contributed by atoms with van der Waals surface area (Å²) in [4.78, 5) is 10.8. The lowest BCUT2D eigenvalue weighted by molar-refractivity contribution is -0.434. The smallest absolute Gasteiger partial charge is 0.291 e. The molecule has 0 N–H and O–H groups in total. The molecule has 0 saturated carbocycles. The minimum Gasteiger partial charge on any atom is -0.473 e. The molecule has 106 valence electrons. The Morgan fingerprint density at radius 2 is 1.90 bits per heavy atom. The van der Waals surface area contributed by atoms with Gasteiger partial charge in [-0.05, 0) is 34.1 Å². The monoisotopic (exact) mass is 349 g/mol. The number of para-hydroxylation sites is 1. The summed E-state index contributed by atoms with van der Waals surface area (Å²) in [5, 5.41) is 11.3. The third kappa shape index (κ3) is 2.54. The molecule has 1 aliphatic heterocycles. The number of hydrogen-bond donors (Lipinski definition) is 0. The largest absolute Gasteiger partial charge is 0.473 e. The Balaban J connectivity index is 2.11. The normalized spacial score (nSPS) is 16.7. The van der Waals surface area contributed by atoms with Crippen LogP contribution in [-0.4, -0.2) is 4.92 Å². The van der Waals surface area contributed by atoms with Crippen molar-refractivity contribution in [3.05, 3.63) is 79.7 Å². The second kappa shape index (κ2) is 5.29. The quantitative estimate of drug-likeness (QED) is 0.598. The van der Waals surface area contributed by atoms with E-state index < -0.39 is 16.8 Å². The third-order valence-electron chi connectivity index (χ3n) is 3.19. The van der Waals surface area contributed by atoms with Gasteiger partial charge in [-0.3, -0.25) is 10.1 Å². The molecule has 0 aromatic heterocycles. The predicted molar refractivity (Wildman–Crippen MR) is 78.9 cm³/mol. The van der Waals surface area contributed by atoms with Crippen molar-refractivity contribution >= 4 is 22.0 Å². The maximum absolute atomic E-state index is 13.0. The molecular formula is C15H9BrFNO3. The molecule has 3 rings (SSSR count). The van der Waals surface area contributed by atoms with Crippen LogP contribution in [-0.2, 0) is 0 Å². The number of halogens is 2. The Morgan fingerprint density at radius 3 is 2.57 bits per heavy atom. The van der Waals surface area contributed by atoms with E-state index in [0.29, 0.717) is 21.3 Å². The standard InChI is InChI=1S/C15H9BrFNO3/c16-12-3-1-2-10-8-13(18(19)20)15(21-14(10)12)9-4-6-11(17)7-5-9/h1-8,15H. The summed E-state index contributed by atoms with van der Waals surface area (Å²) in [6.07, 6.45) is 0.615. The Labute approximate surface area is 128 Å². The number of nitro groups is 1. The van der Waals surface area contributed by atoms with Crippen LogP contribution in [0, 0.1) is 15.9 Å². The minimum absolute atomic E-state index is 0.0767. The molecule has 0 saturated heterocycles. The minimum atomic E-state index is -0.869. The maximum atomic E-state index is 13.0. The highest BCUT2D eigenvalue weighted by Gasteiger charge is 2.33. The third-order valence-corrected chi connectivity index (χ3v) is 3.81. The van der Waals surface area contributed by atoms with E-state index in [2.05, 4.69) is 15.9 Å². The second-order valence-corrected chi connectivity index (χ2v) is 5.39. The number of ether oxygens (including phenoxy) is 1. The fourth-order valence-corrected chi connectivity index (χ4v) is 2.68. The van der Waals surface area contributed by atoms with Gasteiger partial charge in [-0.15, -0.1) is 0 Å². The molecule has 1 unspecified atom stereocenters. The number of hydrogen-bond acceptors (Lipinski definition) is 3. The van der Waals surface area contributed by atoms with E-state index in [-0.39, 0.29) is 5.70 Å². The zero-order valence-corrected chi connectivity index (χ0v) is 12.2. The highest BCUT2D eigenvalue weighted by atomic mass is 79.9.